The van der Waals surface area contributed by atoms with Crippen LogP contribution in [0.5, 0.6) is 0 Å². The number of hydrogen-bond acceptors (Lipinski definition) is 2. The van der Waals surface area contributed by atoms with Crippen LogP contribution in [0.15, 0.2) is 41.1 Å². The van der Waals surface area contributed by atoms with Gasteiger partial charge in [-0.2, -0.15) is 0 Å². The van der Waals surface area contributed by atoms with Crippen molar-refractivity contribution >= 4 is 15.9 Å². The normalized spacial score (nSPS) is 15.5. The molecule has 1 aliphatic carbocycles. The van der Waals surface area contributed by atoms with E-state index in [0.29, 0.717) is 6.04 Å². The number of aromatic nitrogens is 1. The van der Waals surface area contributed by atoms with Gasteiger partial charge in [0.2, 0.25) is 0 Å². The van der Waals surface area contributed by atoms with Crippen molar-refractivity contribution in [2.45, 2.75) is 45.2 Å². The third kappa shape index (κ3) is 3.72. The molecule has 2 aromatic rings. The van der Waals surface area contributed by atoms with Crippen molar-refractivity contribution in [2.24, 2.45) is 0 Å². The van der Waals surface area contributed by atoms with Crippen molar-refractivity contribution in [3.05, 3.63) is 63.4 Å². The predicted octanol–water partition coefficient (Wildman–Crippen LogP) is 4.57. The number of nitrogens with one attached hydrogen (secondary N) is 1. The fraction of sp³-hybridized carbons (Fsp3) is 0.389. The first-order chi connectivity index (χ1) is 10.2. The van der Waals surface area contributed by atoms with Gasteiger partial charge in [0, 0.05) is 29.5 Å². The molecule has 0 saturated carbocycles. The summed E-state index contributed by atoms with van der Waals surface area (Å²) in [6.45, 7) is 3.07. The largest absolute Gasteiger partial charge is 0.306 e. The second-order valence-electron chi connectivity index (χ2n) is 5.85. The topological polar surface area (TPSA) is 24.9 Å². The highest BCUT2D eigenvalue weighted by atomic mass is 79.9. The summed E-state index contributed by atoms with van der Waals surface area (Å²) in [5, 5.41) is 3.59. The second-order valence-corrected chi connectivity index (χ2v) is 6.76. The average Bonchev–Trinajstić information content (AvgIpc) is 2.52. The van der Waals surface area contributed by atoms with Crippen LogP contribution >= 0.6 is 15.9 Å². The Kier molecular flexibility index (Phi) is 4.71. The van der Waals surface area contributed by atoms with Crippen molar-refractivity contribution in [3.8, 4) is 0 Å². The Labute approximate surface area is 135 Å². The molecule has 2 nitrogen and oxygen atoms in total. The lowest BCUT2D eigenvalue weighted by Crippen LogP contribution is -2.18. The van der Waals surface area contributed by atoms with Crippen molar-refractivity contribution < 1.29 is 0 Å². The minimum Gasteiger partial charge on any atom is -0.306 e. The fourth-order valence-corrected chi connectivity index (χ4v) is 3.38. The van der Waals surface area contributed by atoms with Gasteiger partial charge in [-0.1, -0.05) is 18.2 Å². The number of benzene rings is 1. The van der Waals surface area contributed by atoms with Gasteiger partial charge in [0.05, 0.1) is 0 Å². The monoisotopic (exact) mass is 344 g/mol. The number of fused-ring (bicyclic) bond motifs is 1. The van der Waals surface area contributed by atoms with Crippen LogP contribution in [0, 0.1) is 0 Å². The molecule has 1 heterocycles. The van der Waals surface area contributed by atoms with E-state index in [1.54, 1.807) is 11.1 Å². The molecule has 1 aromatic heterocycles. The lowest BCUT2D eigenvalue weighted by atomic mass is 9.89. The predicted molar refractivity (Wildman–Crippen MR) is 90.3 cm³/mol. The van der Waals surface area contributed by atoms with Gasteiger partial charge in [-0.15, -0.1) is 0 Å². The van der Waals surface area contributed by atoms with E-state index in [9.17, 15) is 0 Å². The Hall–Kier alpha value is -1.19. The van der Waals surface area contributed by atoms with E-state index in [-0.39, 0.29) is 0 Å². The minimum atomic E-state index is 0.358. The summed E-state index contributed by atoms with van der Waals surface area (Å²) in [6.07, 6.45) is 8.90. The maximum atomic E-state index is 4.21. The molecule has 1 aliphatic rings. The molecular weight excluding hydrogens is 324 g/mol. The van der Waals surface area contributed by atoms with Gasteiger partial charge < -0.3 is 5.32 Å². The third-order valence-corrected chi connectivity index (χ3v) is 4.68. The fourth-order valence-electron chi connectivity index (χ4n) is 2.96. The minimum absolute atomic E-state index is 0.358. The number of pyridine rings is 1. The smallest absolute Gasteiger partial charge is 0.0410 e. The van der Waals surface area contributed by atoms with Crippen LogP contribution in [0.3, 0.4) is 0 Å². The molecule has 0 fully saturated rings. The van der Waals surface area contributed by atoms with Gasteiger partial charge >= 0.3 is 0 Å². The maximum absolute atomic E-state index is 4.21. The molecule has 21 heavy (non-hydrogen) atoms. The number of halogens is 1. The van der Waals surface area contributed by atoms with Crippen LogP contribution in [0.25, 0.3) is 0 Å². The Morgan fingerprint density at radius 2 is 1.95 bits per heavy atom. The van der Waals surface area contributed by atoms with E-state index in [1.165, 1.54) is 36.8 Å². The Bertz CT molecular complexity index is 624. The second kappa shape index (κ2) is 6.71. The van der Waals surface area contributed by atoms with Gasteiger partial charge in [0.25, 0.3) is 0 Å². The molecule has 1 aromatic carbocycles. The van der Waals surface area contributed by atoms with Gasteiger partial charge in [-0.3, -0.25) is 4.98 Å². The zero-order valence-corrected chi connectivity index (χ0v) is 14.0. The standard InChI is InChI=1S/C18H21BrN2/c1-13(21-11-14-8-18(19)12-20-10-14)16-7-6-15-4-2-3-5-17(15)9-16/h6-10,12-13,21H,2-5,11H2,1H3. The molecule has 3 rings (SSSR count). The Balaban J connectivity index is 1.66. The number of nitrogens with zero attached hydrogens (tertiary/aromatic N) is 1. The lowest BCUT2D eigenvalue weighted by Gasteiger charge is -2.20. The van der Waals surface area contributed by atoms with E-state index < -0.39 is 0 Å². The third-order valence-electron chi connectivity index (χ3n) is 4.25. The summed E-state index contributed by atoms with van der Waals surface area (Å²) >= 11 is 3.46. The zero-order valence-electron chi connectivity index (χ0n) is 12.4. The average molecular weight is 345 g/mol. The summed E-state index contributed by atoms with van der Waals surface area (Å²) < 4.78 is 1.03. The molecule has 1 unspecified atom stereocenters. The summed E-state index contributed by atoms with van der Waals surface area (Å²) in [4.78, 5) is 4.21. The maximum Gasteiger partial charge on any atom is 0.0410 e. The molecule has 0 bridgehead atoms. The van der Waals surface area contributed by atoms with Crippen LogP contribution in [0.4, 0.5) is 0 Å². The van der Waals surface area contributed by atoms with Gasteiger partial charge in [-0.05, 0) is 76.9 Å². The molecule has 3 heteroatoms. The van der Waals surface area contributed by atoms with Crippen molar-refractivity contribution in [1.82, 2.24) is 10.3 Å². The zero-order chi connectivity index (χ0) is 14.7. The molecule has 0 spiro atoms. The van der Waals surface area contributed by atoms with Gasteiger partial charge in [0.1, 0.15) is 0 Å². The Morgan fingerprint density at radius 1 is 1.14 bits per heavy atom. The SMILES string of the molecule is CC(NCc1cncc(Br)c1)c1ccc2c(c1)CCCC2. The van der Waals surface area contributed by atoms with E-state index in [0.717, 1.165) is 11.0 Å². The van der Waals surface area contributed by atoms with Crippen molar-refractivity contribution in [1.29, 1.82) is 0 Å². The summed E-state index contributed by atoms with van der Waals surface area (Å²) in [5.74, 6) is 0. The van der Waals surface area contributed by atoms with E-state index in [2.05, 4.69) is 57.4 Å². The van der Waals surface area contributed by atoms with Crippen LogP contribution < -0.4 is 5.32 Å². The lowest BCUT2D eigenvalue weighted by molar-refractivity contribution is 0.571. The summed E-state index contributed by atoms with van der Waals surface area (Å²) in [7, 11) is 0. The Morgan fingerprint density at radius 3 is 2.76 bits per heavy atom. The van der Waals surface area contributed by atoms with Crippen LogP contribution in [0.2, 0.25) is 0 Å². The van der Waals surface area contributed by atoms with Gasteiger partial charge in [-0.25, -0.2) is 0 Å². The molecule has 0 amide bonds. The van der Waals surface area contributed by atoms with Crippen molar-refractivity contribution in [2.75, 3.05) is 0 Å². The first-order valence-electron chi connectivity index (χ1n) is 7.67. The highest BCUT2D eigenvalue weighted by Crippen LogP contribution is 2.25. The molecule has 1 atom stereocenters. The highest BCUT2D eigenvalue weighted by molar-refractivity contribution is 9.10. The highest BCUT2D eigenvalue weighted by Gasteiger charge is 2.12. The van der Waals surface area contributed by atoms with Crippen LogP contribution in [-0.2, 0) is 19.4 Å². The number of aryl methyl sites for hydroxylation is 2. The quantitative estimate of drug-likeness (QED) is 0.878. The summed E-state index contributed by atoms with van der Waals surface area (Å²) in [5.41, 5.74) is 5.69. The number of hydrogen-bond donors (Lipinski definition) is 1. The van der Waals surface area contributed by atoms with E-state index in [4.69, 9.17) is 0 Å². The first kappa shape index (κ1) is 14.7. The molecule has 1 N–H and O–H groups in total. The molecule has 0 radical (unpaired) electrons. The van der Waals surface area contributed by atoms with Gasteiger partial charge in [0.15, 0.2) is 0 Å². The van der Waals surface area contributed by atoms with E-state index >= 15 is 0 Å². The van der Waals surface area contributed by atoms with Crippen molar-refractivity contribution in [3.63, 3.8) is 0 Å². The first-order valence-corrected chi connectivity index (χ1v) is 8.46. The molecule has 110 valence electrons. The molecular formula is C18H21BrN2. The summed E-state index contributed by atoms with van der Waals surface area (Å²) in [6, 6.07) is 9.46. The molecule has 0 aliphatic heterocycles. The molecule has 0 saturated heterocycles. The number of rotatable bonds is 4. The van der Waals surface area contributed by atoms with Crippen LogP contribution in [0.1, 0.15) is 48.1 Å². The van der Waals surface area contributed by atoms with E-state index in [1.807, 2.05) is 12.4 Å². The van der Waals surface area contributed by atoms with Crippen LogP contribution in [-0.4, -0.2) is 4.98 Å².